The highest BCUT2D eigenvalue weighted by molar-refractivity contribution is 5.24. The highest BCUT2D eigenvalue weighted by Gasteiger charge is 2.23. The summed E-state index contributed by atoms with van der Waals surface area (Å²) in [7, 11) is 0. The molecule has 4 rings (SSSR count). The Balaban J connectivity index is 1.23. The van der Waals surface area contributed by atoms with Crippen molar-refractivity contribution in [3.8, 4) is 11.5 Å². The molecule has 1 fully saturated rings. The molecule has 1 aliphatic heterocycles. The molecular weight excluding hydrogens is 361 g/mol. The molecule has 2 aromatic carbocycles. The van der Waals surface area contributed by atoms with E-state index in [0.717, 1.165) is 31.7 Å². The maximum Gasteiger partial charge on any atom is 0.240 e. The van der Waals surface area contributed by atoms with Crippen molar-refractivity contribution in [1.29, 1.82) is 0 Å². The van der Waals surface area contributed by atoms with E-state index in [1.807, 2.05) is 30.3 Å². The van der Waals surface area contributed by atoms with Crippen molar-refractivity contribution in [2.24, 2.45) is 0 Å². The fourth-order valence-electron chi connectivity index (χ4n) is 3.17. The van der Waals surface area contributed by atoms with E-state index in [1.165, 1.54) is 6.07 Å². The summed E-state index contributed by atoms with van der Waals surface area (Å²) in [5.74, 6) is 1.87. The summed E-state index contributed by atoms with van der Waals surface area (Å²) in [5, 5.41) is 3.97. The van der Waals surface area contributed by atoms with E-state index in [4.69, 9.17) is 14.0 Å². The number of aromatic nitrogens is 2. The average molecular weight is 383 g/mol. The van der Waals surface area contributed by atoms with Crippen LogP contribution in [0.5, 0.6) is 11.5 Å². The Labute approximate surface area is 162 Å². The lowest BCUT2D eigenvalue weighted by molar-refractivity contribution is 0.0875. The predicted molar refractivity (Wildman–Crippen MR) is 100 cm³/mol. The highest BCUT2D eigenvalue weighted by atomic mass is 19.1. The summed E-state index contributed by atoms with van der Waals surface area (Å²) in [6.45, 7) is 2.52. The summed E-state index contributed by atoms with van der Waals surface area (Å²) >= 11 is 0. The van der Waals surface area contributed by atoms with Gasteiger partial charge in [-0.3, -0.25) is 4.90 Å². The molecule has 2 heterocycles. The van der Waals surface area contributed by atoms with Gasteiger partial charge in [0.1, 0.15) is 11.9 Å². The van der Waals surface area contributed by atoms with Crippen LogP contribution in [0.2, 0.25) is 0 Å². The van der Waals surface area contributed by atoms with Crippen LogP contribution in [0.15, 0.2) is 59.1 Å². The van der Waals surface area contributed by atoms with Crippen LogP contribution < -0.4 is 9.47 Å². The molecule has 0 spiro atoms. The topological polar surface area (TPSA) is 60.6 Å². The van der Waals surface area contributed by atoms with Crippen LogP contribution in [0.3, 0.4) is 0 Å². The fraction of sp³-hybridized carbons (Fsp3) is 0.333. The zero-order chi connectivity index (χ0) is 19.2. The monoisotopic (exact) mass is 383 g/mol. The molecule has 1 saturated heterocycles. The van der Waals surface area contributed by atoms with E-state index >= 15 is 0 Å². The smallest absolute Gasteiger partial charge is 0.240 e. The fourth-order valence-corrected chi connectivity index (χ4v) is 3.17. The van der Waals surface area contributed by atoms with Crippen molar-refractivity contribution in [2.45, 2.75) is 32.1 Å². The number of nitrogens with zero attached hydrogens (tertiary/aromatic N) is 3. The number of benzene rings is 2. The number of hydrogen-bond donors (Lipinski definition) is 0. The Morgan fingerprint density at radius 1 is 1.04 bits per heavy atom. The number of piperidine rings is 1. The van der Waals surface area contributed by atoms with Crippen LogP contribution in [-0.4, -0.2) is 34.2 Å². The van der Waals surface area contributed by atoms with Gasteiger partial charge in [-0.05, 0) is 37.1 Å². The van der Waals surface area contributed by atoms with Crippen LogP contribution in [0.25, 0.3) is 0 Å². The van der Waals surface area contributed by atoms with Gasteiger partial charge < -0.3 is 14.0 Å². The third-order valence-corrected chi connectivity index (χ3v) is 4.65. The van der Waals surface area contributed by atoms with Crippen LogP contribution in [0.1, 0.15) is 24.6 Å². The molecule has 0 amide bonds. The third-order valence-electron chi connectivity index (χ3n) is 4.65. The molecular formula is C21H22FN3O3. The molecule has 0 N–H and O–H groups in total. The van der Waals surface area contributed by atoms with Crippen molar-refractivity contribution in [1.82, 2.24) is 15.0 Å². The van der Waals surface area contributed by atoms with Gasteiger partial charge in [0, 0.05) is 13.1 Å². The summed E-state index contributed by atoms with van der Waals surface area (Å²) < 4.78 is 30.5. The lowest BCUT2D eigenvalue weighted by Gasteiger charge is -2.31. The quantitative estimate of drug-likeness (QED) is 0.618. The summed E-state index contributed by atoms with van der Waals surface area (Å²) in [5.41, 5.74) is 0. The van der Waals surface area contributed by atoms with Crippen molar-refractivity contribution in [2.75, 3.05) is 13.1 Å². The number of likely N-dealkylation sites (tertiary alicyclic amines) is 1. The first-order chi connectivity index (χ1) is 13.8. The minimum absolute atomic E-state index is 0.0191. The van der Waals surface area contributed by atoms with Crippen LogP contribution in [0.4, 0.5) is 4.39 Å². The minimum Gasteiger partial charge on any atom is -0.487 e. The van der Waals surface area contributed by atoms with E-state index in [-0.39, 0.29) is 18.5 Å². The summed E-state index contributed by atoms with van der Waals surface area (Å²) in [6, 6.07) is 16.1. The van der Waals surface area contributed by atoms with Gasteiger partial charge >= 0.3 is 0 Å². The second kappa shape index (κ2) is 8.84. The molecule has 0 atom stereocenters. The first-order valence-electron chi connectivity index (χ1n) is 9.39. The normalized spacial score (nSPS) is 15.5. The highest BCUT2D eigenvalue weighted by Crippen LogP contribution is 2.22. The zero-order valence-electron chi connectivity index (χ0n) is 15.5. The van der Waals surface area contributed by atoms with Crippen LogP contribution in [0, 0.1) is 5.82 Å². The molecule has 0 bridgehead atoms. The van der Waals surface area contributed by atoms with E-state index in [1.54, 1.807) is 18.2 Å². The summed E-state index contributed by atoms with van der Waals surface area (Å²) in [4.78, 5) is 6.63. The molecule has 146 valence electrons. The standard InChI is InChI=1S/C21H22FN3O3/c22-18-8-4-5-9-19(18)27-17-10-12-25(13-11-17)14-21-23-20(24-28-21)15-26-16-6-2-1-3-7-16/h1-9,17H,10-15H2. The second-order valence-electron chi connectivity index (χ2n) is 6.73. The van der Waals surface area contributed by atoms with E-state index in [0.29, 0.717) is 24.0 Å². The van der Waals surface area contributed by atoms with Crippen molar-refractivity contribution < 1.29 is 18.4 Å². The van der Waals surface area contributed by atoms with Gasteiger partial charge in [-0.1, -0.05) is 35.5 Å². The molecule has 1 aliphatic rings. The lowest BCUT2D eigenvalue weighted by atomic mass is 10.1. The number of halogens is 1. The molecule has 0 radical (unpaired) electrons. The van der Waals surface area contributed by atoms with E-state index in [9.17, 15) is 4.39 Å². The predicted octanol–water partition coefficient (Wildman–Crippen LogP) is 3.83. The van der Waals surface area contributed by atoms with Gasteiger partial charge in [0.15, 0.2) is 18.2 Å². The molecule has 3 aromatic rings. The Bertz CT molecular complexity index is 879. The van der Waals surface area contributed by atoms with Gasteiger partial charge in [0.05, 0.1) is 6.54 Å². The second-order valence-corrected chi connectivity index (χ2v) is 6.73. The third kappa shape index (κ3) is 4.86. The van der Waals surface area contributed by atoms with Gasteiger partial charge in [-0.2, -0.15) is 4.98 Å². The van der Waals surface area contributed by atoms with Gasteiger partial charge in [0.25, 0.3) is 0 Å². The molecule has 0 saturated carbocycles. The molecule has 1 aromatic heterocycles. The number of hydrogen-bond acceptors (Lipinski definition) is 6. The maximum atomic E-state index is 13.7. The average Bonchev–Trinajstić information content (AvgIpc) is 3.18. The van der Waals surface area contributed by atoms with Crippen molar-refractivity contribution in [3.63, 3.8) is 0 Å². The SMILES string of the molecule is Fc1ccccc1OC1CCN(Cc2nc(COc3ccccc3)no2)CC1. The number of ether oxygens (including phenoxy) is 2. The number of rotatable bonds is 7. The molecule has 28 heavy (non-hydrogen) atoms. The lowest BCUT2D eigenvalue weighted by Crippen LogP contribution is -2.38. The van der Waals surface area contributed by atoms with Crippen molar-refractivity contribution in [3.05, 3.63) is 72.1 Å². The first-order valence-corrected chi connectivity index (χ1v) is 9.39. The van der Waals surface area contributed by atoms with Crippen molar-refractivity contribution >= 4 is 0 Å². The Morgan fingerprint density at radius 2 is 1.79 bits per heavy atom. The van der Waals surface area contributed by atoms with Gasteiger partial charge in [-0.25, -0.2) is 4.39 Å². The molecule has 7 heteroatoms. The first kappa shape index (κ1) is 18.4. The molecule has 0 unspecified atom stereocenters. The largest absolute Gasteiger partial charge is 0.487 e. The van der Waals surface area contributed by atoms with E-state index in [2.05, 4.69) is 15.0 Å². The van der Waals surface area contributed by atoms with E-state index < -0.39 is 0 Å². The summed E-state index contributed by atoms with van der Waals surface area (Å²) in [6.07, 6.45) is 1.67. The zero-order valence-corrected chi connectivity index (χ0v) is 15.5. The van der Waals surface area contributed by atoms with Gasteiger partial charge in [0.2, 0.25) is 11.7 Å². The number of para-hydroxylation sites is 2. The molecule has 6 nitrogen and oxygen atoms in total. The minimum atomic E-state index is -0.318. The Hall–Kier alpha value is -2.93. The van der Waals surface area contributed by atoms with Gasteiger partial charge in [-0.15, -0.1) is 0 Å². The Kier molecular flexibility index (Phi) is 5.82. The molecule has 0 aliphatic carbocycles. The van der Waals surface area contributed by atoms with Crippen LogP contribution in [-0.2, 0) is 13.2 Å². The Morgan fingerprint density at radius 3 is 2.57 bits per heavy atom. The van der Waals surface area contributed by atoms with Crippen LogP contribution >= 0.6 is 0 Å². The maximum absolute atomic E-state index is 13.7.